The van der Waals surface area contributed by atoms with Gasteiger partial charge < -0.3 is 10.1 Å². The van der Waals surface area contributed by atoms with Crippen LogP contribution >= 0.6 is 31.9 Å². The Morgan fingerprint density at radius 2 is 1.26 bits per heavy atom. The Bertz CT molecular complexity index is 2210. The van der Waals surface area contributed by atoms with Gasteiger partial charge in [-0.2, -0.15) is 0 Å². The first-order chi connectivity index (χ1) is 22.7. The predicted octanol–water partition coefficient (Wildman–Crippen LogP) is 4.39. The number of carbonyl (C=O) groups excluding carboxylic acids is 2. The first-order valence-corrected chi connectivity index (χ1v) is 16.2. The number of aromatic nitrogens is 10. The first-order valence-electron chi connectivity index (χ1n) is 14.6. The summed E-state index contributed by atoms with van der Waals surface area (Å²) in [6.45, 7) is 6.10. The first kappa shape index (κ1) is 30.7. The molecule has 47 heavy (non-hydrogen) atoms. The van der Waals surface area contributed by atoms with Crippen molar-refractivity contribution in [2.75, 3.05) is 13.7 Å². The summed E-state index contributed by atoms with van der Waals surface area (Å²) in [5, 5.41) is 19.2. The van der Waals surface area contributed by atoms with Crippen molar-refractivity contribution in [1.82, 2.24) is 54.4 Å². The predicted molar refractivity (Wildman–Crippen MR) is 177 cm³/mol. The third kappa shape index (κ3) is 5.17. The van der Waals surface area contributed by atoms with Gasteiger partial charge in [0.05, 0.1) is 52.1 Å². The van der Waals surface area contributed by atoms with Crippen molar-refractivity contribution in [3.8, 4) is 22.7 Å². The number of imidazole rings is 2. The summed E-state index contributed by atoms with van der Waals surface area (Å²) >= 11 is 6.98. The highest BCUT2D eigenvalue weighted by atomic mass is 79.9. The number of ether oxygens (including phenoxy) is 1. The van der Waals surface area contributed by atoms with Crippen LogP contribution in [0.4, 0.5) is 0 Å². The van der Waals surface area contributed by atoms with Crippen molar-refractivity contribution < 1.29 is 14.3 Å². The molecule has 6 heterocycles. The zero-order valence-corrected chi connectivity index (χ0v) is 28.9. The molecule has 0 fully saturated rings. The van der Waals surface area contributed by atoms with Crippen molar-refractivity contribution in [3.63, 3.8) is 0 Å². The molecule has 1 N–H and O–H groups in total. The van der Waals surface area contributed by atoms with E-state index < -0.39 is 5.97 Å². The number of amides is 1. The second-order valence-corrected chi connectivity index (χ2v) is 12.4. The summed E-state index contributed by atoms with van der Waals surface area (Å²) in [4.78, 5) is 33.0. The van der Waals surface area contributed by atoms with E-state index in [0.29, 0.717) is 30.8 Å². The van der Waals surface area contributed by atoms with Crippen LogP contribution in [0.15, 0.2) is 58.3 Å². The van der Waals surface area contributed by atoms with Gasteiger partial charge in [-0.15, -0.1) is 10.2 Å². The normalized spacial score (nSPS) is 12.1. The molecule has 0 bridgehead atoms. The summed E-state index contributed by atoms with van der Waals surface area (Å²) in [5.74, 6) is -0.707. The van der Waals surface area contributed by atoms with Crippen molar-refractivity contribution >= 4 is 43.7 Å². The van der Waals surface area contributed by atoms with Crippen molar-refractivity contribution in [1.29, 1.82) is 0 Å². The van der Waals surface area contributed by atoms with Crippen LogP contribution in [0.2, 0.25) is 0 Å². The zero-order chi connectivity index (χ0) is 33.0. The molecule has 0 saturated heterocycles. The fraction of sp³-hybridized carbons (Fsp3) is 0.226. The lowest BCUT2D eigenvalue weighted by Gasteiger charge is -2.10. The molecule has 16 heteroatoms. The maximum Gasteiger partial charge on any atom is 0.360 e. The maximum absolute atomic E-state index is 12.2. The molecule has 8 rings (SSSR count). The van der Waals surface area contributed by atoms with E-state index in [4.69, 9.17) is 4.74 Å². The number of halogens is 2. The van der Waals surface area contributed by atoms with Crippen LogP contribution in [-0.4, -0.2) is 74.6 Å². The number of aryl methyl sites for hydroxylation is 2. The lowest BCUT2D eigenvalue weighted by Crippen LogP contribution is -2.20. The molecule has 0 saturated carbocycles. The molecule has 0 aliphatic carbocycles. The minimum Gasteiger partial charge on any atom is -0.461 e. The number of hydrogen-bond acceptors (Lipinski definition) is 9. The maximum atomic E-state index is 12.2. The Balaban J connectivity index is 0.000000150. The van der Waals surface area contributed by atoms with Gasteiger partial charge in [0.1, 0.15) is 21.9 Å². The molecule has 14 nitrogen and oxygen atoms in total. The third-order valence-electron chi connectivity index (χ3n) is 7.98. The quantitative estimate of drug-likeness (QED) is 0.259. The second kappa shape index (κ2) is 12.0. The highest BCUT2D eigenvalue weighted by Crippen LogP contribution is 2.33. The number of nitrogens with one attached hydrogen (secondary N) is 1. The van der Waals surface area contributed by atoms with Crippen LogP contribution in [0, 0.1) is 13.8 Å². The highest BCUT2D eigenvalue weighted by Gasteiger charge is 2.30. The number of fused-ring (bicyclic) bond motifs is 10. The molecule has 2 aliphatic rings. The van der Waals surface area contributed by atoms with E-state index in [-0.39, 0.29) is 11.6 Å². The van der Waals surface area contributed by atoms with Gasteiger partial charge in [-0.1, -0.05) is 22.6 Å². The SMILES string of the molecule is CCOC(=O)c1nnn2c1Cc1c(Br)ncn1-c1ccc(C)cc1-2.CNC(=O)c1nnn2c1Cc1c(Br)ncn1-c1ccc(C)cc1-2. The fourth-order valence-corrected chi connectivity index (χ4v) is 6.57. The van der Waals surface area contributed by atoms with Crippen LogP contribution in [0.25, 0.3) is 22.7 Å². The average Bonchev–Trinajstić information content (AvgIpc) is 3.82. The van der Waals surface area contributed by atoms with E-state index in [0.717, 1.165) is 60.2 Å². The van der Waals surface area contributed by atoms with Crippen molar-refractivity contribution in [2.45, 2.75) is 33.6 Å². The third-order valence-corrected chi connectivity index (χ3v) is 9.30. The van der Waals surface area contributed by atoms with Gasteiger partial charge >= 0.3 is 5.97 Å². The van der Waals surface area contributed by atoms with Gasteiger partial charge in [-0.05, 0) is 88.0 Å². The topological polar surface area (TPSA) is 152 Å². The number of hydrogen-bond donors (Lipinski definition) is 1. The van der Waals surface area contributed by atoms with Crippen LogP contribution in [0.3, 0.4) is 0 Å². The Hall–Kier alpha value is -4.96. The van der Waals surface area contributed by atoms with E-state index in [1.165, 1.54) is 0 Å². The number of carbonyl (C=O) groups is 2. The number of esters is 1. The van der Waals surface area contributed by atoms with Gasteiger partial charge in [0, 0.05) is 19.9 Å². The van der Waals surface area contributed by atoms with Gasteiger partial charge in [0.15, 0.2) is 11.4 Å². The van der Waals surface area contributed by atoms with E-state index in [1.807, 2.05) is 59.4 Å². The lowest BCUT2D eigenvalue weighted by molar-refractivity contribution is 0.0518. The van der Waals surface area contributed by atoms with E-state index in [2.05, 4.69) is 67.8 Å². The van der Waals surface area contributed by atoms with Crippen LogP contribution < -0.4 is 5.32 Å². The molecule has 2 aromatic carbocycles. The van der Waals surface area contributed by atoms with Crippen molar-refractivity contribution in [3.05, 3.63) is 104 Å². The Morgan fingerprint density at radius 1 is 0.766 bits per heavy atom. The highest BCUT2D eigenvalue weighted by molar-refractivity contribution is 9.10. The number of rotatable bonds is 3. The average molecular weight is 761 g/mol. The van der Waals surface area contributed by atoms with Crippen LogP contribution in [0.5, 0.6) is 0 Å². The summed E-state index contributed by atoms with van der Waals surface area (Å²) in [6, 6.07) is 12.2. The minimum absolute atomic E-state index is 0.242. The molecule has 0 atom stereocenters. The standard InChI is InChI=1S/C16H14BrN5O2.C15H13BrN6O/c1-3-24-16(23)14-12-7-13-15(17)18-8-21(13)10-5-4-9(2)6-11(10)22(12)20-19-14;1-8-3-4-9-10(5-8)22-11(13(19-20-22)15(23)17-2)6-12-14(16)18-7-21(9)12/h4-6,8H,3,7H2,1-2H3;3-5,7H,6H2,1-2H3,(H,17,23). The van der Waals surface area contributed by atoms with Gasteiger partial charge in [-0.25, -0.2) is 24.1 Å². The summed E-state index contributed by atoms with van der Waals surface area (Å²) in [6.07, 6.45) is 4.50. The molecule has 0 spiro atoms. The molecular formula is C31H27Br2N11O3. The molecular weight excluding hydrogens is 734 g/mol. The molecule has 1 amide bonds. The van der Waals surface area contributed by atoms with Crippen LogP contribution in [-0.2, 0) is 17.6 Å². The Kier molecular flexibility index (Phi) is 7.83. The minimum atomic E-state index is -0.461. The monoisotopic (exact) mass is 759 g/mol. The molecule has 4 aromatic heterocycles. The van der Waals surface area contributed by atoms with Gasteiger partial charge in [-0.3, -0.25) is 13.9 Å². The van der Waals surface area contributed by atoms with E-state index in [1.54, 1.807) is 36.0 Å². The van der Waals surface area contributed by atoms with Gasteiger partial charge in [0.2, 0.25) is 0 Å². The molecule has 238 valence electrons. The van der Waals surface area contributed by atoms with Crippen LogP contribution in [0.1, 0.15) is 61.8 Å². The Morgan fingerprint density at radius 3 is 1.74 bits per heavy atom. The smallest absolute Gasteiger partial charge is 0.360 e. The lowest BCUT2D eigenvalue weighted by atomic mass is 10.2. The molecule has 0 unspecified atom stereocenters. The Labute approximate surface area is 285 Å². The largest absolute Gasteiger partial charge is 0.461 e. The molecule has 0 radical (unpaired) electrons. The summed E-state index contributed by atoms with van der Waals surface area (Å²) < 4.78 is 14.1. The molecule has 6 aromatic rings. The summed E-state index contributed by atoms with van der Waals surface area (Å²) in [5.41, 5.74) is 9.74. The van der Waals surface area contributed by atoms with E-state index in [9.17, 15) is 9.59 Å². The zero-order valence-electron chi connectivity index (χ0n) is 25.7. The van der Waals surface area contributed by atoms with Crippen molar-refractivity contribution in [2.24, 2.45) is 0 Å². The summed E-state index contributed by atoms with van der Waals surface area (Å²) in [7, 11) is 1.59. The van der Waals surface area contributed by atoms with E-state index >= 15 is 0 Å². The van der Waals surface area contributed by atoms with Gasteiger partial charge in [0.25, 0.3) is 5.91 Å². The number of benzene rings is 2. The number of nitrogens with zero attached hydrogens (tertiary/aromatic N) is 10. The second-order valence-electron chi connectivity index (χ2n) is 10.9. The fourth-order valence-electron chi connectivity index (χ4n) is 5.73. The molecule has 2 aliphatic heterocycles.